The smallest absolute Gasteiger partial charge is 0.376 e. The number of likely N-dealkylation sites (tertiary alicyclic amines) is 1. The van der Waals surface area contributed by atoms with Gasteiger partial charge >= 0.3 is 11.4 Å². The number of pyridine rings is 1. The Morgan fingerprint density at radius 3 is 2.39 bits per heavy atom. The van der Waals surface area contributed by atoms with Crippen LogP contribution >= 0.6 is 0 Å². The molecule has 4 fully saturated rings. The Morgan fingerprint density at radius 1 is 0.903 bits per heavy atom. The summed E-state index contributed by atoms with van der Waals surface area (Å²) in [7, 11) is 3.83. The van der Waals surface area contributed by atoms with Gasteiger partial charge in [-0.1, -0.05) is 18.1 Å². The summed E-state index contributed by atoms with van der Waals surface area (Å²) >= 11 is 0. The molecular formula is C54H57F2N11O5. The van der Waals surface area contributed by atoms with Gasteiger partial charge in [0.05, 0.1) is 62.3 Å². The summed E-state index contributed by atoms with van der Waals surface area (Å²) in [6.45, 7) is 10.8. The molecule has 72 heavy (non-hydrogen) atoms. The van der Waals surface area contributed by atoms with E-state index in [1.807, 2.05) is 24.1 Å². The highest BCUT2D eigenvalue weighted by atomic mass is 19.1. The van der Waals surface area contributed by atoms with Crippen LogP contribution in [0.5, 0.6) is 0 Å². The molecule has 0 unspecified atom stereocenters. The van der Waals surface area contributed by atoms with Crippen LogP contribution in [0, 0.1) is 17.6 Å². The Kier molecular flexibility index (Phi) is 9.86. The van der Waals surface area contributed by atoms with Gasteiger partial charge < -0.3 is 18.9 Å². The Hall–Kier alpha value is -6.92. The van der Waals surface area contributed by atoms with Gasteiger partial charge in [0.2, 0.25) is 0 Å². The van der Waals surface area contributed by atoms with E-state index in [0.717, 1.165) is 61.1 Å². The summed E-state index contributed by atoms with van der Waals surface area (Å²) in [5.41, 5.74) is 4.22. The number of imidazole rings is 1. The number of aromatic amines is 1. The summed E-state index contributed by atoms with van der Waals surface area (Å²) in [5.74, 6) is -0.632. The van der Waals surface area contributed by atoms with E-state index in [0.29, 0.717) is 72.0 Å². The van der Waals surface area contributed by atoms with E-state index in [2.05, 4.69) is 70.7 Å². The average Bonchev–Trinajstić information content (AvgIpc) is 3.91. The van der Waals surface area contributed by atoms with E-state index in [-0.39, 0.29) is 46.2 Å². The first-order chi connectivity index (χ1) is 34.6. The first-order valence-electron chi connectivity index (χ1n) is 25.2. The fourth-order valence-corrected chi connectivity index (χ4v) is 12.8. The van der Waals surface area contributed by atoms with Crippen molar-refractivity contribution in [2.24, 2.45) is 13.0 Å². The van der Waals surface area contributed by atoms with E-state index in [9.17, 15) is 4.79 Å². The lowest BCUT2D eigenvalue weighted by molar-refractivity contribution is -0.0593. The molecule has 18 heteroatoms. The average molecular weight is 978 g/mol. The van der Waals surface area contributed by atoms with Crippen molar-refractivity contribution in [2.75, 3.05) is 33.3 Å². The van der Waals surface area contributed by atoms with Crippen molar-refractivity contribution < 1.29 is 22.8 Å². The summed E-state index contributed by atoms with van der Waals surface area (Å²) < 4.78 is 51.4. The number of rotatable bonds is 8. The minimum absolute atomic E-state index is 0.0123. The molecule has 0 radical (unpaired) electrons. The first kappa shape index (κ1) is 45.0. The van der Waals surface area contributed by atoms with Gasteiger partial charge in [0.15, 0.2) is 11.6 Å². The molecule has 13 rings (SSSR count). The fourth-order valence-electron chi connectivity index (χ4n) is 12.8. The summed E-state index contributed by atoms with van der Waals surface area (Å²) in [6.07, 6.45) is 14.1. The molecule has 0 bridgehead atoms. The topological polar surface area (TPSA) is 159 Å². The van der Waals surface area contributed by atoms with Crippen LogP contribution in [0.3, 0.4) is 0 Å². The van der Waals surface area contributed by atoms with E-state index >= 15 is 18.4 Å². The molecule has 9 heterocycles. The number of H-pyrrole nitrogens is 1. The molecule has 5 aliphatic rings. The third-order valence-electron chi connectivity index (χ3n) is 17.1. The van der Waals surface area contributed by atoms with E-state index in [1.54, 1.807) is 47.0 Å². The maximum absolute atomic E-state index is 16.4. The number of piperidine rings is 1. The zero-order valence-electron chi connectivity index (χ0n) is 41.3. The molecule has 2 saturated carbocycles. The van der Waals surface area contributed by atoms with Gasteiger partial charge in [-0.05, 0) is 151 Å². The van der Waals surface area contributed by atoms with Crippen LogP contribution in [0.1, 0.15) is 135 Å². The second kappa shape index (κ2) is 15.8. The van der Waals surface area contributed by atoms with E-state index < -0.39 is 34.1 Å². The van der Waals surface area contributed by atoms with Crippen molar-refractivity contribution in [3.8, 4) is 17.2 Å². The zero-order valence-corrected chi connectivity index (χ0v) is 41.3. The van der Waals surface area contributed by atoms with Crippen molar-refractivity contribution in [1.29, 1.82) is 0 Å². The van der Waals surface area contributed by atoms with E-state index in [1.165, 1.54) is 21.4 Å². The number of benzene rings is 2. The lowest BCUT2D eigenvalue weighted by atomic mass is 9.70. The number of carbonyl (C=O) groups is 1. The number of nitrogens with zero attached hydrogens (tertiary/aromatic N) is 10. The highest BCUT2D eigenvalue weighted by Crippen LogP contribution is 2.60. The Labute approximate surface area is 412 Å². The number of aryl methyl sites for hydroxylation is 1. The minimum Gasteiger partial charge on any atom is -0.376 e. The highest BCUT2D eigenvalue weighted by Gasteiger charge is 2.60. The Bertz CT molecular complexity index is 3650. The predicted molar refractivity (Wildman–Crippen MR) is 264 cm³/mol. The van der Waals surface area contributed by atoms with Crippen LogP contribution < -0.4 is 11.4 Å². The normalized spacial score (nSPS) is 23.9. The predicted octanol–water partition coefficient (Wildman–Crippen LogP) is 7.96. The second-order valence-electron chi connectivity index (χ2n) is 22.1. The number of hydrogen-bond acceptors (Lipinski definition) is 9. The monoisotopic (exact) mass is 977 g/mol. The van der Waals surface area contributed by atoms with Crippen molar-refractivity contribution in [3.63, 3.8) is 0 Å². The molecular weight excluding hydrogens is 921 g/mol. The minimum atomic E-state index is -0.814. The van der Waals surface area contributed by atoms with Crippen LogP contribution in [0.4, 0.5) is 8.78 Å². The summed E-state index contributed by atoms with van der Waals surface area (Å²) in [4.78, 5) is 51.1. The number of halogens is 2. The zero-order chi connectivity index (χ0) is 49.7. The van der Waals surface area contributed by atoms with Crippen molar-refractivity contribution in [1.82, 2.24) is 53.0 Å². The second-order valence-corrected chi connectivity index (χ2v) is 22.1. The van der Waals surface area contributed by atoms with Gasteiger partial charge in [0, 0.05) is 61.5 Å². The first-order valence-corrected chi connectivity index (χ1v) is 25.2. The molecule has 4 atom stereocenters. The lowest BCUT2D eigenvalue weighted by Gasteiger charge is -2.48. The van der Waals surface area contributed by atoms with Crippen LogP contribution in [-0.2, 0) is 22.6 Å². The molecule has 3 aliphatic heterocycles. The van der Waals surface area contributed by atoms with Gasteiger partial charge in [0.25, 0.3) is 5.91 Å². The van der Waals surface area contributed by atoms with Gasteiger partial charge in [-0.15, -0.1) is 0 Å². The van der Waals surface area contributed by atoms with Gasteiger partial charge in [-0.3, -0.25) is 28.1 Å². The highest BCUT2D eigenvalue weighted by molar-refractivity contribution is 6.00. The fraction of sp³-hybridized carbons (Fsp3) is 0.444. The molecule has 2 saturated heterocycles. The lowest BCUT2D eigenvalue weighted by Crippen LogP contribution is -2.54. The maximum atomic E-state index is 16.4. The molecule has 1 amide bonds. The van der Waals surface area contributed by atoms with Gasteiger partial charge in [-0.2, -0.15) is 10.2 Å². The largest absolute Gasteiger partial charge is 0.438 e. The molecule has 1 N–H and O–H groups in total. The Morgan fingerprint density at radius 2 is 1.67 bits per heavy atom. The third-order valence-corrected chi connectivity index (χ3v) is 17.1. The van der Waals surface area contributed by atoms with Crippen LogP contribution in [0.15, 0.2) is 87.6 Å². The van der Waals surface area contributed by atoms with Gasteiger partial charge in [-0.25, -0.2) is 23.1 Å². The number of fused-ring (bicyclic) bond motifs is 4. The van der Waals surface area contributed by atoms with Crippen molar-refractivity contribution in [2.45, 2.75) is 107 Å². The standard InChI is InChI=1S/C54H57F2N11O5/c1-30-24-54(30,49-58-50(69)72-60-49)44-38(28-63-27-34(9-12-41(44)63)33-15-22-71-52(3,4)25-33)48(68)66-29-53(16-18-61(5)19-17-53)46-43(31(66)2)47(67(59-46)35-10-11-39(55)36(23-35)32-7-8-32)65-21-20-64(51(65)70)42-14-13-40-37(45(42)56)26-57-62(40)6/h9-14,20-21,23,26-28,30-33H,7-8,15-19,22,24-25,29H2,1-6H3,(H,58,60,69)/t30-,31-,33-,54+/m0/s1. The molecule has 8 aromatic rings. The van der Waals surface area contributed by atoms with Crippen molar-refractivity contribution in [3.05, 3.63) is 145 Å². The Balaban J connectivity index is 1.01. The molecule has 372 valence electrons. The number of amides is 1. The maximum Gasteiger partial charge on any atom is 0.438 e. The van der Waals surface area contributed by atoms with Crippen LogP contribution in [0.2, 0.25) is 0 Å². The molecule has 16 nitrogen and oxygen atoms in total. The van der Waals surface area contributed by atoms with Crippen LogP contribution in [-0.4, -0.2) is 97.8 Å². The van der Waals surface area contributed by atoms with Crippen LogP contribution in [0.25, 0.3) is 33.6 Å². The van der Waals surface area contributed by atoms with Crippen molar-refractivity contribution >= 4 is 22.3 Å². The number of aromatic nitrogens is 9. The number of carbonyl (C=O) groups excluding carboxylic acids is 1. The third kappa shape index (κ3) is 6.73. The van der Waals surface area contributed by atoms with Gasteiger partial charge in [0.1, 0.15) is 11.6 Å². The summed E-state index contributed by atoms with van der Waals surface area (Å²) in [5, 5.41) is 14.3. The molecule has 6 aromatic heterocycles. The number of hydrogen-bond donors (Lipinski definition) is 1. The molecule has 1 spiro atoms. The quantitative estimate of drug-likeness (QED) is 0.160. The van der Waals surface area contributed by atoms with E-state index in [4.69, 9.17) is 14.4 Å². The molecule has 2 aliphatic carbocycles. The summed E-state index contributed by atoms with van der Waals surface area (Å²) in [6, 6.07) is 11.9. The SMILES string of the molecule is C[C@H]1c2c(nn(-c3ccc(F)c(C4CC4)c3)c2-n2ccn(-c3ccc4c(cnn4C)c3F)c2=O)C2(CCN(C)CC2)CN1C(=O)c1cn2cc([C@H]3CCOC(C)(C)C3)ccc2c1[C@@]1(c2noc(=O)[nH]2)C[C@@H]1C. The number of nitrogens with one attached hydrogen (secondary N) is 1. The number of ether oxygens (including phenoxy) is 1. The molecule has 2 aromatic carbocycles.